The molecule has 3 aromatic rings. The van der Waals surface area contributed by atoms with Crippen LogP contribution >= 0.6 is 23.2 Å². The van der Waals surface area contributed by atoms with Crippen LogP contribution in [0.1, 0.15) is 18.4 Å². The number of benzene rings is 1. The molecule has 0 spiro atoms. The maximum atomic E-state index is 10.9. The number of anilines is 1. The fourth-order valence-corrected chi connectivity index (χ4v) is 5.48. The van der Waals surface area contributed by atoms with E-state index in [0.29, 0.717) is 34.2 Å². The van der Waals surface area contributed by atoms with E-state index in [9.17, 15) is 4.79 Å². The normalized spacial score (nSPS) is 16.7. The first-order chi connectivity index (χ1) is 18.9. The van der Waals surface area contributed by atoms with Gasteiger partial charge in [0.05, 0.1) is 18.5 Å². The highest BCUT2D eigenvalue weighted by molar-refractivity contribution is 6.35. The fourth-order valence-electron chi connectivity index (χ4n) is 4.96. The summed E-state index contributed by atoms with van der Waals surface area (Å²) in [7, 11) is 0. The van der Waals surface area contributed by atoms with Gasteiger partial charge in [0.15, 0.2) is 0 Å². The Hall–Kier alpha value is -3.11. The molecule has 0 atom stereocenters. The van der Waals surface area contributed by atoms with E-state index in [1.54, 1.807) is 12.3 Å². The van der Waals surface area contributed by atoms with Crippen molar-refractivity contribution in [2.45, 2.75) is 19.4 Å². The number of nitrogens with two attached hydrogens (primary N) is 1. The van der Waals surface area contributed by atoms with Crippen molar-refractivity contribution in [2.24, 2.45) is 11.7 Å². The predicted octanol–water partition coefficient (Wildman–Crippen LogP) is 4.96. The number of nitrogens with zero attached hydrogens (tertiary/aromatic N) is 4. The first kappa shape index (κ1) is 27.5. The molecule has 0 bridgehead atoms. The zero-order chi connectivity index (χ0) is 27.2. The number of likely N-dealkylation sites (tertiary alicyclic amines) is 1. The summed E-state index contributed by atoms with van der Waals surface area (Å²) in [6.45, 7) is 6.64. The second-order valence-corrected chi connectivity index (χ2v) is 10.8. The van der Waals surface area contributed by atoms with Gasteiger partial charge in [-0.3, -0.25) is 4.90 Å². The first-order valence-electron chi connectivity index (χ1n) is 13.1. The minimum atomic E-state index is -0.718. The lowest BCUT2D eigenvalue weighted by molar-refractivity contribution is 0.1000. The SMILES string of the molecule is NC(=O)OCC1CCN(Cc2cc(Oc3ccc(N4CCNCC4)nc3)nc(-c3cc(Cl)cc(Cl)c3)c2)CC1. The van der Waals surface area contributed by atoms with Crippen molar-refractivity contribution in [1.29, 1.82) is 0 Å². The van der Waals surface area contributed by atoms with Crippen LogP contribution in [-0.2, 0) is 11.3 Å². The van der Waals surface area contributed by atoms with Gasteiger partial charge >= 0.3 is 6.09 Å². The van der Waals surface area contributed by atoms with E-state index in [2.05, 4.69) is 20.1 Å². The van der Waals surface area contributed by atoms with Crippen molar-refractivity contribution in [2.75, 3.05) is 50.8 Å². The molecule has 3 N–H and O–H groups in total. The van der Waals surface area contributed by atoms with Crippen LogP contribution in [0.4, 0.5) is 10.6 Å². The number of piperidine rings is 1. The van der Waals surface area contributed by atoms with E-state index in [0.717, 1.165) is 81.3 Å². The third-order valence-corrected chi connectivity index (χ3v) is 7.42. The van der Waals surface area contributed by atoms with Crippen LogP contribution in [-0.4, -0.2) is 66.8 Å². The summed E-state index contributed by atoms with van der Waals surface area (Å²) in [4.78, 5) is 25.0. The number of nitrogens with one attached hydrogen (secondary N) is 1. The Bertz CT molecular complexity index is 1260. The third kappa shape index (κ3) is 7.73. The number of halogens is 2. The summed E-state index contributed by atoms with van der Waals surface area (Å²) in [5.74, 6) is 2.35. The van der Waals surface area contributed by atoms with Gasteiger partial charge in [-0.1, -0.05) is 23.2 Å². The summed E-state index contributed by atoms with van der Waals surface area (Å²) < 4.78 is 11.2. The van der Waals surface area contributed by atoms with Gasteiger partial charge in [-0.2, -0.15) is 0 Å². The van der Waals surface area contributed by atoms with Crippen molar-refractivity contribution < 1.29 is 14.3 Å². The molecule has 0 aliphatic carbocycles. The highest BCUT2D eigenvalue weighted by atomic mass is 35.5. The van der Waals surface area contributed by atoms with Crippen LogP contribution in [0.5, 0.6) is 11.6 Å². The first-order valence-corrected chi connectivity index (χ1v) is 13.9. The van der Waals surface area contributed by atoms with E-state index < -0.39 is 6.09 Å². The van der Waals surface area contributed by atoms with Gasteiger partial charge in [0.1, 0.15) is 11.6 Å². The quantitative estimate of drug-likeness (QED) is 0.391. The third-order valence-electron chi connectivity index (χ3n) is 6.98. The molecule has 11 heteroatoms. The van der Waals surface area contributed by atoms with Crippen LogP contribution in [0.3, 0.4) is 0 Å². The number of primary amides is 1. The molecule has 206 valence electrons. The van der Waals surface area contributed by atoms with Gasteiger partial charge in [-0.15, -0.1) is 0 Å². The maximum Gasteiger partial charge on any atom is 0.404 e. The van der Waals surface area contributed by atoms with Crippen molar-refractivity contribution in [3.8, 4) is 22.9 Å². The number of amides is 1. The van der Waals surface area contributed by atoms with Crippen LogP contribution < -0.4 is 20.7 Å². The predicted molar refractivity (Wildman–Crippen MR) is 153 cm³/mol. The van der Waals surface area contributed by atoms with Gasteiger partial charge < -0.3 is 25.4 Å². The molecule has 0 radical (unpaired) electrons. The number of ether oxygens (including phenoxy) is 2. The van der Waals surface area contributed by atoms with Crippen LogP contribution in [0.25, 0.3) is 11.3 Å². The number of hydrogen-bond acceptors (Lipinski definition) is 8. The smallest absolute Gasteiger partial charge is 0.404 e. The number of carbonyl (C=O) groups excluding carboxylic acids is 1. The molecule has 9 nitrogen and oxygen atoms in total. The topological polar surface area (TPSA) is 106 Å². The molecular formula is C28H32Cl2N6O3. The standard InChI is InChI=1S/C28H32Cl2N6O3/c29-22-13-21(14-23(30)15-22)25-11-20(17-35-7-3-19(4-8-35)18-38-28(31)37)12-27(34-25)39-24-1-2-26(33-16-24)36-9-5-32-6-10-36/h1-2,11-16,19,32H,3-10,17-18H2,(H2,31,37). The Labute approximate surface area is 238 Å². The van der Waals surface area contributed by atoms with Crippen molar-refractivity contribution in [1.82, 2.24) is 20.2 Å². The van der Waals surface area contributed by atoms with Gasteiger partial charge in [0.2, 0.25) is 5.88 Å². The van der Waals surface area contributed by atoms with Crippen molar-refractivity contribution in [3.05, 3.63) is 64.3 Å². The second kappa shape index (κ2) is 12.8. The molecule has 39 heavy (non-hydrogen) atoms. The molecule has 2 saturated heterocycles. The molecule has 2 aliphatic rings. The molecule has 4 heterocycles. The molecule has 2 fully saturated rings. The number of piperazine rings is 1. The summed E-state index contributed by atoms with van der Waals surface area (Å²) >= 11 is 12.6. The molecular weight excluding hydrogens is 539 g/mol. The minimum Gasteiger partial charge on any atom is -0.449 e. The van der Waals surface area contributed by atoms with E-state index in [1.807, 2.05) is 36.4 Å². The van der Waals surface area contributed by atoms with Gasteiger partial charge in [0, 0.05) is 54.4 Å². The van der Waals surface area contributed by atoms with Gasteiger partial charge in [0.25, 0.3) is 0 Å². The average molecular weight is 572 g/mol. The van der Waals surface area contributed by atoms with Crippen LogP contribution in [0.15, 0.2) is 48.7 Å². The molecule has 0 saturated carbocycles. The van der Waals surface area contributed by atoms with Gasteiger partial charge in [-0.05, 0) is 73.8 Å². The molecule has 1 aromatic carbocycles. The van der Waals surface area contributed by atoms with Crippen molar-refractivity contribution in [3.63, 3.8) is 0 Å². The Balaban J connectivity index is 1.33. The lowest BCUT2D eigenvalue weighted by Crippen LogP contribution is -2.43. The Morgan fingerprint density at radius 2 is 1.77 bits per heavy atom. The van der Waals surface area contributed by atoms with Crippen LogP contribution in [0, 0.1) is 5.92 Å². The largest absolute Gasteiger partial charge is 0.449 e. The van der Waals surface area contributed by atoms with E-state index in [4.69, 9.17) is 43.4 Å². The number of aromatic nitrogens is 2. The average Bonchev–Trinajstić information content (AvgIpc) is 2.93. The molecule has 0 unspecified atom stereocenters. The van der Waals surface area contributed by atoms with Crippen molar-refractivity contribution >= 4 is 35.1 Å². The number of carbonyl (C=O) groups is 1. The zero-order valence-electron chi connectivity index (χ0n) is 21.6. The van der Waals surface area contributed by atoms with E-state index in [-0.39, 0.29) is 0 Å². The highest BCUT2D eigenvalue weighted by Gasteiger charge is 2.21. The summed E-state index contributed by atoms with van der Waals surface area (Å²) in [5, 5.41) is 4.44. The van der Waals surface area contributed by atoms with E-state index in [1.165, 1.54) is 0 Å². The minimum absolute atomic E-state index is 0.325. The Morgan fingerprint density at radius 3 is 2.44 bits per heavy atom. The van der Waals surface area contributed by atoms with Gasteiger partial charge in [-0.25, -0.2) is 14.8 Å². The Morgan fingerprint density at radius 1 is 1.03 bits per heavy atom. The lowest BCUT2D eigenvalue weighted by Gasteiger charge is -2.31. The molecule has 5 rings (SSSR count). The zero-order valence-corrected chi connectivity index (χ0v) is 23.1. The van der Waals surface area contributed by atoms with E-state index >= 15 is 0 Å². The van der Waals surface area contributed by atoms with Crippen LogP contribution in [0.2, 0.25) is 10.0 Å². The Kier molecular flexibility index (Phi) is 9.03. The lowest BCUT2D eigenvalue weighted by atomic mass is 9.97. The second-order valence-electron chi connectivity index (χ2n) is 9.90. The number of rotatable bonds is 8. The monoisotopic (exact) mass is 570 g/mol. The summed E-state index contributed by atoms with van der Waals surface area (Å²) in [6, 6.07) is 13.3. The number of pyridine rings is 2. The fraction of sp³-hybridized carbons (Fsp3) is 0.393. The molecule has 1 amide bonds. The summed E-state index contributed by atoms with van der Waals surface area (Å²) in [6.07, 6.45) is 2.89. The molecule has 2 aliphatic heterocycles. The molecule has 2 aromatic heterocycles. The maximum absolute atomic E-state index is 10.9. The highest BCUT2D eigenvalue weighted by Crippen LogP contribution is 2.31. The number of hydrogen-bond donors (Lipinski definition) is 2. The summed E-state index contributed by atoms with van der Waals surface area (Å²) in [5.41, 5.74) is 7.71.